The highest BCUT2D eigenvalue weighted by Crippen LogP contribution is 2.23. The Morgan fingerprint density at radius 3 is 2.68 bits per heavy atom. The van der Waals surface area contributed by atoms with Gasteiger partial charge in [0.15, 0.2) is 0 Å². The van der Waals surface area contributed by atoms with E-state index in [9.17, 15) is 4.79 Å². The molecule has 1 aromatic carbocycles. The van der Waals surface area contributed by atoms with E-state index in [4.69, 9.17) is 5.73 Å². The van der Waals surface area contributed by atoms with E-state index in [-0.39, 0.29) is 5.91 Å². The quantitative estimate of drug-likeness (QED) is 0.846. The molecular formula is C15H23N3O. The second-order valence-electron chi connectivity index (χ2n) is 5.11. The first kappa shape index (κ1) is 13.9. The molecule has 0 aliphatic carbocycles. The highest BCUT2D eigenvalue weighted by Gasteiger charge is 2.19. The maximum Gasteiger partial charge on any atom is 0.250 e. The number of piperidine rings is 1. The number of hydrogen-bond donors (Lipinski definition) is 2. The number of benzene rings is 1. The molecule has 1 aliphatic heterocycles. The molecule has 0 atom stereocenters. The van der Waals surface area contributed by atoms with Gasteiger partial charge >= 0.3 is 0 Å². The fraction of sp³-hybridized carbons (Fsp3) is 0.533. The molecule has 104 valence electrons. The van der Waals surface area contributed by atoms with E-state index in [1.165, 1.54) is 12.8 Å². The van der Waals surface area contributed by atoms with Crippen molar-refractivity contribution >= 4 is 11.6 Å². The molecule has 0 bridgehead atoms. The predicted octanol–water partition coefficient (Wildman–Crippen LogP) is 1.61. The molecule has 19 heavy (non-hydrogen) atoms. The number of primary amides is 1. The van der Waals surface area contributed by atoms with E-state index in [1.54, 1.807) is 0 Å². The first-order valence-corrected chi connectivity index (χ1v) is 7.07. The zero-order chi connectivity index (χ0) is 13.7. The van der Waals surface area contributed by atoms with Gasteiger partial charge in [0, 0.05) is 18.8 Å². The van der Waals surface area contributed by atoms with Crippen LogP contribution in [0, 0.1) is 5.92 Å². The summed E-state index contributed by atoms with van der Waals surface area (Å²) < 4.78 is 0. The van der Waals surface area contributed by atoms with Crippen molar-refractivity contribution in [1.82, 2.24) is 5.32 Å². The molecule has 1 aromatic rings. The topological polar surface area (TPSA) is 58.4 Å². The largest absolute Gasteiger partial charge is 0.371 e. The molecule has 2 rings (SSSR count). The second kappa shape index (κ2) is 6.57. The molecule has 1 fully saturated rings. The lowest BCUT2D eigenvalue weighted by molar-refractivity contribution is 0.100. The van der Waals surface area contributed by atoms with Gasteiger partial charge in [-0.15, -0.1) is 0 Å². The molecule has 1 heterocycles. The summed E-state index contributed by atoms with van der Waals surface area (Å²) in [5, 5.41) is 3.38. The number of anilines is 1. The molecule has 3 N–H and O–H groups in total. The average molecular weight is 261 g/mol. The standard InChI is InChI=1S/C15H23N3O/c1-2-18(11-12-7-9-17-10-8-12)14-6-4-3-5-13(14)15(16)19/h3-6,12,17H,2,7-11H2,1H3,(H2,16,19). The lowest BCUT2D eigenvalue weighted by Crippen LogP contribution is -2.37. The predicted molar refractivity (Wildman–Crippen MR) is 78.4 cm³/mol. The molecule has 1 amide bonds. The molecule has 4 heteroatoms. The number of nitrogens with one attached hydrogen (secondary N) is 1. The van der Waals surface area contributed by atoms with E-state index in [2.05, 4.69) is 17.1 Å². The van der Waals surface area contributed by atoms with E-state index in [1.807, 2.05) is 24.3 Å². The van der Waals surface area contributed by atoms with Crippen LogP contribution in [-0.2, 0) is 0 Å². The summed E-state index contributed by atoms with van der Waals surface area (Å²) in [6, 6.07) is 7.63. The lowest BCUT2D eigenvalue weighted by Gasteiger charge is -2.31. The van der Waals surface area contributed by atoms with Crippen molar-refractivity contribution in [3.63, 3.8) is 0 Å². The van der Waals surface area contributed by atoms with Crippen molar-refractivity contribution in [2.45, 2.75) is 19.8 Å². The van der Waals surface area contributed by atoms with E-state index in [0.29, 0.717) is 11.5 Å². The van der Waals surface area contributed by atoms with Crippen LogP contribution < -0.4 is 16.0 Å². The lowest BCUT2D eigenvalue weighted by atomic mass is 9.97. The summed E-state index contributed by atoms with van der Waals surface area (Å²) in [5.41, 5.74) is 7.06. The van der Waals surface area contributed by atoms with Gasteiger partial charge in [0.05, 0.1) is 5.56 Å². The van der Waals surface area contributed by atoms with Crippen molar-refractivity contribution in [1.29, 1.82) is 0 Å². The number of carbonyl (C=O) groups is 1. The Bertz CT molecular complexity index is 427. The van der Waals surface area contributed by atoms with Crippen LogP contribution in [0.3, 0.4) is 0 Å². The molecule has 0 saturated carbocycles. The van der Waals surface area contributed by atoms with Gasteiger partial charge in [0.1, 0.15) is 0 Å². The van der Waals surface area contributed by atoms with Gasteiger partial charge in [-0.05, 0) is 50.9 Å². The summed E-state index contributed by atoms with van der Waals surface area (Å²) in [6.07, 6.45) is 2.41. The molecule has 1 saturated heterocycles. The molecular weight excluding hydrogens is 238 g/mol. The van der Waals surface area contributed by atoms with Crippen LogP contribution in [0.25, 0.3) is 0 Å². The van der Waals surface area contributed by atoms with Gasteiger partial charge in [-0.25, -0.2) is 0 Å². The third kappa shape index (κ3) is 3.47. The third-order valence-electron chi connectivity index (χ3n) is 3.83. The van der Waals surface area contributed by atoms with E-state index < -0.39 is 0 Å². The molecule has 0 aromatic heterocycles. The van der Waals surface area contributed by atoms with Gasteiger partial charge in [-0.3, -0.25) is 4.79 Å². The fourth-order valence-electron chi connectivity index (χ4n) is 2.73. The van der Waals surface area contributed by atoms with Crippen molar-refractivity contribution in [2.75, 3.05) is 31.1 Å². The number of nitrogens with zero attached hydrogens (tertiary/aromatic N) is 1. The van der Waals surface area contributed by atoms with Gasteiger partial charge < -0.3 is 16.0 Å². The molecule has 1 aliphatic rings. The zero-order valence-corrected chi connectivity index (χ0v) is 11.6. The summed E-state index contributed by atoms with van der Waals surface area (Å²) in [4.78, 5) is 13.8. The maximum absolute atomic E-state index is 11.5. The molecule has 0 radical (unpaired) electrons. The second-order valence-corrected chi connectivity index (χ2v) is 5.11. The minimum Gasteiger partial charge on any atom is -0.371 e. The number of rotatable bonds is 5. The minimum atomic E-state index is -0.348. The fourth-order valence-corrected chi connectivity index (χ4v) is 2.73. The number of carbonyl (C=O) groups excluding carboxylic acids is 1. The van der Waals surface area contributed by atoms with Crippen LogP contribution in [0.15, 0.2) is 24.3 Å². The third-order valence-corrected chi connectivity index (χ3v) is 3.83. The smallest absolute Gasteiger partial charge is 0.250 e. The number of hydrogen-bond acceptors (Lipinski definition) is 3. The van der Waals surface area contributed by atoms with Gasteiger partial charge in [-0.1, -0.05) is 12.1 Å². The molecule has 4 nitrogen and oxygen atoms in total. The number of nitrogens with two attached hydrogens (primary N) is 1. The van der Waals surface area contributed by atoms with Crippen molar-refractivity contribution in [2.24, 2.45) is 11.7 Å². The Morgan fingerprint density at radius 1 is 1.37 bits per heavy atom. The summed E-state index contributed by atoms with van der Waals surface area (Å²) in [5.74, 6) is 0.349. The number of para-hydroxylation sites is 1. The van der Waals surface area contributed by atoms with Crippen LogP contribution in [0.2, 0.25) is 0 Å². The van der Waals surface area contributed by atoms with Crippen LogP contribution >= 0.6 is 0 Å². The monoisotopic (exact) mass is 261 g/mol. The molecule has 0 unspecified atom stereocenters. The van der Waals surface area contributed by atoms with E-state index in [0.717, 1.165) is 31.9 Å². The summed E-state index contributed by atoms with van der Waals surface area (Å²) >= 11 is 0. The van der Waals surface area contributed by atoms with Crippen LogP contribution in [-0.4, -0.2) is 32.1 Å². The first-order chi connectivity index (χ1) is 9.22. The summed E-state index contributed by atoms with van der Waals surface area (Å²) in [6.45, 7) is 6.22. The Labute approximate surface area is 115 Å². The van der Waals surface area contributed by atoms with Gasteiger partial charge in [0.25, 0.3) is 5.91 Å². The SMILES string of the molecule is CCN(CC1CCNCC1)c1ccccc1C(N)=O. The van der Waals surface area contributed by atoms with Crippen molar-refractivity contribution in [3.8, 4) is 0 Å². The minimum absolute atomic E-state index is 0.348. The Balaban J connectivity index is 2.14. The van der Waals surface area contributed by atoms with Crippen LogP contribution in [0.4, 0.5) is 5.69 Å². The Kier molecular flexibility index (Phi) is 4.80. The summed E-state index contributed by atoms with van der Waals surface area (Å²) in [7, 11) is 0. The van der Waals surface area contributed by atoms with Gasteiger partial charge in [-0.2, -0.15) is 0 Å². The number of amides is 1. The first-order valence-electron chi connectivity index (χ1n) is 7.07. The van der Waals surface area contributed by atoms with Crippen molar-refractivity contribution in [3.05, 3.63) is 29.8 Å². The highest BCUT2D eigenvalue weighted by atomic mass is 16.1. The zero-order valence-electron chi connectivity index (χ0n) is 11.6. The van der Waals surface area contributed by atoms with E-state index >= 15 is 0 Å². The van der Waals surface area contributed by atoms with Crippen LogP contribution in [0.1, 0.15) is 30.1 Å². The Morgan fingerprint density at radius 2 is 2.05 bits per heavy atom. The normalized spacial score (nSPS) is 16.3. The maximum atomic E-state index is 11.5. The highest BCUT2D eigenvalue weighted by molar-refractivity contribution is 5.98. The van der Waals surface area contributed by atoms with Crippen molar-refractivity contribution < 1.29 is 4.79 Å². The molecule has 0 spiro atoms. The van der Waals surface area contributed by atoms with Crippen LogP contribution in [0.5, 0.6) is 0 Å². The van der Waals surface area contributed by atoms with Gasteiger partial charge in [0.2, 0.25) is 0 Å². The Hall–Kier alpha value is -1.55. The average Bonchev–Trinajstić information content (AvgIpc) is 2.46.